The summed E-state index contributed by atoms with van der Waals surface area (Å²) in [6.07, 6.45) is 0. The van der Waals surface area contributed by atoms with Gasteiger partial charge in [0.1, 0.15) is 16.4 Å². The number of carbonyl (C=O) groups excluding carboxylic acids is 1. The lowest BCUT2D eigenvalue weighted by Gasteiger charge is -2.18. The molecular weight excluding hydrogens is 402 g/mol. The molecule has 148 valence electrons. The lowest BCUT2D eigenvalue weighted by atomic mass is 10.2. The molecule has 3 rings (SSSR count). The zero-order valence-corrected chi connectivity index (χ0v) is 17.1. The van der Waals surface area contributed by atoms with Gasteiger partial charge in [-0.3, -0.25) is 4.79 Å². The summed E-state index contributed by atoms with van der Waals surface area (Å²) in [5.74, 6) is 0.733. The lowest BCUT2D eigenvalue weighted by molar-refractivity contribution is -0.113. The Kier molecular flexibility index (Phi) is 5.80. The van der Waals surface area contributed by atoms with Gasteiger partial charge >= 0.3 is 0 Å². The Morgan fingerprint density at radius 3 is 2.46 bits per heavy atom. The Labute approximate surface area is 167 Å². The Bertz CT molecular complexity index is 1030. The van der Waals surface area contributed by atoms with Gasteiger partial charge in [-0.15, -0.1) is 4.40 Å². The second kappa shape index (κ2) is 8.11. The number of aryl methyl sites for hydroxylation is 1. The first-order valence-electron chi connectivity index (χ1n) is 8.19. The van der Waals surface area contributed by atoms with Gasteiger partial charge in [0.05, 0.1) is 25.7 Å². The molecule has 28 heavy (non-hydrogen) atoms. The Balaban J connectivity index is 1.68. The highest BCUT2D eigenvalue weighted by Crippen LogP contribution is 2.30. The number of anilines is 2. The molecule has 0 saturated heterocycles. The van der Waals surface area contributed by atoms with Gasteiger partial charge in [0.2, 0.25) is 5.91 Å². The maximum atomic E-state index is 12.3. The largest absolute Gasteiger partial charge is 0.497 e. The lowest BCUT2D eigenvalue weighted by Crippen LogP contribution is -2.22. The van der Waals surface area contributed by atoms with Crippen molar-refractivity contribution in [1.29, 1.82) is 0 Å². The molecule has 0 aliphatic carbocycles. The summed E-state index contributed by atoms with van der Waals surface area (Å²) in [5.41, 5.74) is 1.88. The molecule has 2 aromatic carbocycles. The molecule has 0 radical (unpaired) electrons. The van der Waals surface area contributed by atoms with Crippen LogP contribution < -0.4 is 20.1 Å². The molecule has 2 aromatic rings. The van der Waals surface area contributed by atoms with Crippen LogP contribution in [0, 0.1) is 6.92 Å². The van der Waals surface area contributed by atoms with Crippen LogP contribution in [0.4, 0.5) is 11.4 Å². The number of nitrogens with one attached hydrogen (secondary N) is 2. The van der Waals surface area contributed by atoms with Crippen molar-refractivity contribution in [2.75, 3.05) is 30.6 Å². The van der Waals surface area contributed by atoms with E-state index < -0.39 is 10.0 Å². The summed E-state index contributed by atoms with van der Waals surface area (Å²) >= 11 is 1.00. The molecular formula is C18H19N3O5S2. The highest BCUT2D eigenvalue weighted by atomic mass is 32.2. The Hall–Kier alpha value is -2.72. The van der Waals surface area contributed by atoms with Gasteiger partial charge in [0.25, 0.3) is 10.0 Å². The average Bonchev–Trinajstić information content (AvgIpc) is 2.65. The van der Waals surface area contributed by atoms with E-state index in [4.69, 9.17) is 9.47 Å². The van der Waals surface area contributed by atoms with Crippen LogP contribution in [-0.4, -0.2) is 39.5 Å². The number of hydrogen-bond acceptors (Lipinski definition) is 7. The Morgan fingerprint density at radius 2 is 1.82 bits per heavy atom. The number of hydrogen-bond donors (Lipinski definition) is 2. The molecule has 2 N–H and O–H groups in total. The van der Waals surface area contributed by atoms with Crippen LogP contribution in [0.15, 0.2) is 45.7 Å². The van der Waals surface area contributed by atoms with E-state index in [1.807, 2.05) is 6.92 Å². The predicted molar refractivity (Wildman–Crippen MR) is 110 cm³/mol. The topological polar surface area (TPSA) is 106 Å². The first kappa shape index (κ1) is 20.0. The summed E-state index contributed by atoms with van der Waals surface area (Å²) in [5, 5.41) is 5.84. The number of fused-ring (bicyclic) bond motifs is 1. The standard InChI is InChI=1S/C18H19N3O5S2/c1-11-4-5-16-15(6-11)20-18(21-28(16,23)24)27-10-17(22)19-12-7-13(25-2)9-14(8-12)26-3/h4-9H,10H2,1-3H3,(H,19,22)(H,20,21). The number of rotatable bonds is 5. The van der Waals surface area contributed by atoms with E-state index in [1.54, 1.807) is 30.3 Å². The van der Waals surface area contributed by atoms with E-state index in [0.717, 1.165) is 17.3 Å². The number of thioether (sulfide) groups is 1. The van der Waals surface area contributed by atoms with E-state index in [1.165, 1.54) is 20.3 Å². The molecule has 1 aliphatic heterocycles. The molecule has 1 heterocycles. The number of nitrogens with zero attached hydrogens (tertiary/aromatic N) is 1. The van der Waals surface area contributed by atoms with Crippen LogP contribution in [0.2, 0.25) is 0 Å². The molecule has 0 saturated carbocycles. The van der Waals surface area contributed by atoms with Crippen molar-refractivity contribution in [1.82, 2.24) is 0 Å². The fourth-order valence-electron chi connectivity index (χ4n) is 2.54. The van der Waals surface area contributed by atoms with Crippen molar-refractivity contribution in [3.8, 4) is 11.5 Å². The van der Waals surface area contributed by atoms with Crippen molar-refractivity contribution in [3.63, 3.8) is 0 Å². The van der Waals surface area contributed by atoms with E-state index in [9.17, 15) is 13.2 Å². The number of sulfonamides is 1. The fourth-order valence-corrected chi connectivity index (χ4v) is 4.55. The average molecular weight is 422 g/mol. The summed E-state index contributed by atoms with van der Waals surface area (Å²) in [6, 6.07) is 9.96. The normalized spacial score (nSPS) is 14.3. The molecule has 0 atom stereocenters. The second-order valence-corrected chi connectivity index (χ2v) is 8.47. The highest BCUT2D eigenvalue weighted by Gasteiger charge is 2.25. The van der Waals surface area contributed by atoms with E-state index in [2.05, 4.69) is 15.0 Å². The van der Waals surface area contributed by atoms with Crippen LogP contribution in [0.5, 0.6) is 11.5 Å². The van der Waals surface area contributed by atoms with E-state index >= 15 is 0 Å². The van der Waals surface area contributed by atoms with Crippen molar-refractivity contribution >= 4 is 44.2 Å². The maximum Gasteiger partial charge on any atom is 0.286 e. The van der Waals surface area contributed by atoms with Crippen LogP contribution in [0.25, 0.3) is 0 Å². The van der Waals surface area contributed by atoms with Crippen LogP contribution in [-0.2, 0) is 14.8 Å². The summed E-state index contributed by atoms with van der Waals surface area (Å²) in [7, 11) is -0.759. The molecule has 0 fully saturated rings. The molecule has 0 spiro atoms. The summed E-state index contributed by atoms with van der Waals surface area (Å²) in [6.45, 7) is 1.86. The first-order valence-corrected chi connectivity index (χ1v) is 10.6. The van der Waals surface area contributed by atoms with Crippen LogP contribution in [0.3, 0.4) is 0 Å². The minimum atomic E-state index is -3.79. The van der Waals surface area contributed by atoms with Gasteiger partial charge in [0, 0.05) is 23.9 Å². The van der Waals surface area contributed by atoms with Crippen LogP contribution >= 0.6 is 11.8 Å². The molecule has 10 heteroatoms. The van der Waals surface area contributed by atoms with Crippen molar-refractivity contribution in [2.45, 2.75) is 11.8 Å². The number of amidine groups is 1. The monoisotopic (exact) mass is 421 g/mol. The van der Waals surface area contributed by atoms with Gasteiger partial charge in [-0.25, -0.2) is 0 Å². The van der Waals surface area contributed by atoms with Crippen LogP contribution in [0.1, 0.15) is 5.56 Å². The molecule has 0 aromatic heterocycles. The summed E-state index contributed by atoms with van der Waals surface area (Å²) < 4.78 is 38.7. The van der Waals surface area contributed by atoms with E-state index in [0.29, 0.717) is 22.9 Å². The van der Waals surface area contributed by atoms with E-state index in [-0.39, 0.29) is 21.7 Å². The van der Waals surface area contributed by atoms with Gasteiger partial charge in [0.15, 0.2) is 5.17 Å². The minimum absolute atomic E-state index is 0.0258. The third kappa shape index (κ3) is 4.57. The van der Waals surface area contributed by atoms with Crippen molar-refractivity contribution in [3.05, 3.63) is 42.0 Å². The number of benzene rings is 2. The van der Waals surface area contributed by atoms with Gasteiger partial charge in [-0.1, -0.05) is 17.8 Å². The predicted octanol–water partition coefficient (Wildman–Crippen LogP) is 2.85. The number of carbonyl (C=O) groups is 1. The molecule has 8 nitrogen and oxygen atoms in total. The Morgan fingerprint density at radius 1 is 1.14 bits per heavy atom. The van der Waals surface area contributed by atoms with Gasteiger partial charge < -0.3 is 20.1 Å². The van der Waals surface area contributed by atoms with Gasteiger partial charge in [-0.2, -0.15) is 8.42 Å². The quantitative estimate of drug-likeness (QED) is 0.765. The second-order valence-electron chi connectivity index (χ2n) is 5.93. The number of ether oxygens (including phenoxy) is 2. The number of amides is 1. The third-order valence-corrected chi connectivity index (χ3v) is 6.16. The molecule has 0 bridgehead atoms. The molecule has 0 unspecified atom stereocenters. The highest BCUT2D eigenvalue weighted by molar-refractivity contribution is 8.15. The third-order valence-electron chi connectivity index (χ3n) is 3.83. The van der Waals surface area contributed by atoms with Crippen molar-refractivity contribution < 1.29 is 22.7 Å². The molecule has 1 aliphatic rings. The van der Waals surface area contributed by atoms with Gasteiger partial charge in [-0.05, 0) is 24.6 Å². The first-order chi connectivity index (χ1) is 13.3. The fraction of sp³-hybridized carbons (Fsp3) is 0.222. The summed E-state index contributed by atoms with van der Waals surface area (Å²) in [4.78, 5) is 12.4. The molecule has 1 amide bonds. The maximum absolute atomic E-state index is 12.3. The zero-order valence-electron chi connectivity index (χ0n) is 15.5. The number of methoxy groups -OCH3 is 2. The van der Waals surface area contributed by atoms with Crippen molar-refractivity contribution in [2.24, 2.45) is 4.40 Å². The zero-order chi connectivity index (χ0) is 20.3. The SMILES string of the molecule is COc1cc(NC(=O)CSC2=NS(=O)(=O)c3ccc(C)cc3N2)cc(OC)c1. The minimum Gasteiger partial charge on any atom is -0.497 e. The smallest absolute Gasteiger partial charge is 0.286 e.